The van der Waals surface area contributed by atoms with Gasteiger partial charge in [0.15, 0.2) is 21.3 Å². The second-order valence-corrected chi connectivity index (χ2v) is 24.1. The minimum Gasteiger partial charge on any atom is -0.377 e. The van der Waals surface area contributed by atoms with E-state index in [0.717, 1.165) is 12.1 Å². The van der Waals surface area contributed by atoms with Gasteiger partial charge in [0.05, 0.1) is 62.2 Å². The van der Waals surface area contributed by atoms with Crippen LogP contribution in [0.15, 0.2) is 42.5 Å². The number of anilines is 1. The number of ether oxygens (including phenoxy) is 1. The van der Waals surface area contributed by atoms with Crippen molar-refractivity contribution in [1.29, 1.82) is 0 Å². The quantitative estimate of drug-likeness (QED) is 0.0925. The number of sulfone groups is 1. The number of rotatable bonds is 16. The highest BCUT2D eigenvalue weighted by Crippen LogP contribution is 2.68. The maximum atomic E-state index is 15.6. The first-order chi connectivity index (χ1) is 31.4. The predicted molar refractivity (Wildman–Crippen MR) is 231 cm³/mol. The lowest BCUT2D eigenvalue weighted by Crippen LogP contribution is -2.36. The number of halogens is 8. The molecular weight excluding hydrogens is 955 g/mol. The number of aromatic nitrogens is 5. The minimum atomic E-state index is -5.10. The number of nitrogens with one attached hydrogen (secondary N) is 2. The molecule has 23 heteroatoms. The third-order valence-corrected chi connectivity index (χ3v) is 18.7. The number of pyridine rings is 1. The van der Waals surface area contributed by atoms with E-state index in [4.69, 9.17) is 21.3 Å². The molecule has 13 nitrogen and oxygen atoms in total. The molecule has 5 aliphatic rings. The van der Waals surface area contributed by atoms with Crippen LogP contribution in [0.1, 0.15) is 104 Å². The van der Waals surface area contributed by atoms with Crippen molar-refractivity contribution >= 4 is 54.1 Å². The van der Waals surface area contributed by atoms with Crippen molar-refractivity contribution in [3.8, 4) is 11.1 Å². The zero-order valence-corrected chi connectivity index (χ0v) is 38.2. The predicted octanol–water partition coefficient (Wildman–Crippen LogP) is 8.32. The van der Waals surface area contributed by atoms with Crippen LogP contribution in [0.3, 0.4) is 0 Å². The van der Waals surface area contributed by atoms with Gasteiger partial charge in [0.2, 0.25) is 15.9 Å². The Labute approximate surface area is 384 Å². The number of nitrogens with zero attached hydrogens (tertiary/aromatic N) is 5. The van der Waals surface area contributed by atoms with Gasteiger partial charge < -0.3 is 10.1 Å². The summed E-state index contributed by atoms with van der Waals surface area (Å²) >= 11 is 6.84. The van der Waals surface area contributed by atoms with Crippen molar-refractivity contribution in [2.45, 2.75) is 117 Å². The van der Waals surface area contributed by atoms with E-state index in [1.165, 1.54) is 6.07 Å². The molecule has 3 aromatic heterocycles. The number of alkyl halides is 5. The Balaban J connectivity index is 1.11. The van der Waals surface area contributed by atoms with Gasteiger partial charge in [-0.15, -0.1) is 0 Å². The summed E-state index contributed by atoms with van der Waals surface area (Å²) < 4.78 is 166. The van der Waals surface area contributed by atoms with Gasteiger partial charge in [0.1, 0.15) is 23.9 Å². The zero-order chi connectivity index (χ0) is 47.7. The van der Waals surface area contributed by atoms with Crippen LogP contribution >= 0.6 is 11.6 Å². The second-order valence-electron chi connectivity index (χ2n) is 18.8. The van der Waals surface area contributed by atoms with Crippen molar-refractivity contribution < 1.29 is 57.1 Å². The van der Waals surface area contributed by atoms with Gasteiger partial charge in [-0.25, -0.2) is 25.6 Å². The molecule has 2 N–H and O–H groups in total. The maximum absolute atomic E-state index is 15.6. The van der Waals surface area contributed by atoms with Gasteiger partial charge in [0.25, 0.3) is 5.92 Å². The summed E-state index contributed by atoms with van der Waals surface area (Å²) in [5.41, 5.74) is -1.91. The molecule has 4 fully saturated rings. The van der Waals surface area contributed by atoms with Gasteiger partial charge >= 0.3 is 6.18 Å². The molecule has 5 aromatic rings. The summed E-state index contributed by atoms with van der Waals surface area (Å²) in [6.07, 6.45) is -3.49. The van der Waals surface area contributed by atoms with Gasteiger partial charge in [-0.05, 0) is 101 Å². The van der Waals surface area contributed by atoms with Crippen LogP contribution in [0.2, 0.25) is 5.02 Å². The number of hydrogen-bond acceptors (Lipinski definition) is 9. The van der Waals surface area contributed by atoms with Gasteiger partial charge in [-0.3, -0.25) is 23.9 Å². The molecule has 0 radical (unpaired) electrons. The highest BCUT2D eigenvalue weighted by Gasteiger charge is 2.68. The smallest absolute Gasteiger partial charge is 0.377 e. The van der Waals surface area contributed by atoms with Gasteiger partial charge in [-0.2, -0.15) is 32.1 Å². The monoisotopic (exact) mass is 997 g/mol. The van der Waals surface area contributed by atoms with Crippen LogP contribution in [0, 0.1) is 17.6 Å². The SMILES string of the molecule is CC(C)(CCc1ccc(-c2ccc(Cl)c3c(NS(=O)(=O)C4CC4)nn(C4COC4)c23)c([C@H](Cc2cc(F)cc(F)c2)NC(=O)Cn2nc(C(F)(F)F)c3c2C(F)(F)C2C[C@H]32)n1)S(=O)(=O)C1CC1. The average Bonchev–Trinajstić information content (AvgIpc) is 4.10. The molecule has 2 aromatic carbocycles. The maximum Gasteiger partial charge on any atom is 0.435 e. The van der Waals surface area contributed by atoms with E-state index in [1.54, 1.807) is 36.7 Å². The van der Waals surface area contributed by atoms with Crippen LogP contribution < -0.4 is 10.0 Å². The molecule has 1 amide bonds. The molecule has 0 bridgehead atoms. The Morgan fingerprint density at radius 1 is 0.955 bits per heavy atom. The van der Waals surface area contributed by atoms with Crippen molar-refractivity contribution in [2.75, 3.05) is 17.9 Å². The number of sulfonamides is 1. The van der Waals surface area contributed by atoms with Crippen molar-refractivity contribution in [3.05, 3.63) is 93.0 Å². The van der Waals surface area contributed by atoms with Crippen molar-refractivity contribution in [3.63, 3.8) is 0 Å². The normalized spacial score (nSPS) is 20.9. The minimum absolute atomic E-state index is 0.00162. The first-order valence-corrected chi connectivity index (χ1v) is 25.3. The van der Waals surface area contributed by atoms with Gasteiger partial charge in [-0.1, -0.05) is 23.7 Å². The fraction of sp³-hybridized carbons (Fsp3) is 0.500. The number of carbonyl (C=O) groups is 1. The first kappa shape index (κ1) is 46.0. The number of benzene rings is 2. The lowest BCUT2D eigenvalue weighted by atomic mass is 9.93. The number of aryl methyl sites for hydroxylation is 1. The topological polar surface area (TPSA) is 167 Å². The number of fused-ring (bicyclic) bond motifs is 4. The summed E-state index contributed by atoms with van der Waals surface area (Å²) in [7, 11) is -7.43. The van der Waals surface area contributed by atoms with Crippen molar-refractivity contribution in [1.82, 2.24) is 29.9 Å². The van der Waals surface area contributed by atoms with Crippen LogP contribution in [0.25, 0.3) is 22.0 Å². The summed E-state index contributed by atoms with van der Waals surface area (Å²) in [5, 5.41) is 10.1. The molecule has 1 aliphatic heterocycles. The van der Waals surface area contributed by atoms with Crippen LogP contribution in [0.5, 0.6) is 0 Å². The molecule has 4 heterocycles. The lowest BCUT2D eigenvalue weighted by Gasteiger charge is -2.28. The summed E-state index contributed by atoms with van der Waals surface area (Å²) in [6, 6.07) is 7.18. The Kier molecular flexibility index (Phi) is 10.9. The van der Waals surface area contributed by atoms with Crippen LogP contribution in [-0.4, -0.2) is 75.7 Å². The Morgan fingerprint density at radius 2 is 1.63 bits per heavy atom. The Hall–Kier alpha value is -4.80. The molecule has 1 unspecified atom stereocenters. The lowest BCUT2D eigenvalue weighted by molar-refractivity contribution is -0.142. The highest BCUT2D eigenvalue weighted by atomic mass is 35.5. The van der Waals surface area contributed by atoms with E-state index in [2.05, 4.69) is 20.2 Å². The second kappa shape index (κ2) is 15.9. The standard InChI is InChI=1S/C44H43ClF7N7O6S2/c1-42(2,66(61,62)26-4-5-26)12-11-24-3-8-28(29-9-10-32(45)36-38(29)59(25-19-65-20-25)56-41(36)57-67(63,64)27-6-7-27)37(53-24)33(15-21-13-22(46)16-23(47)14-21)54-34(60)18-58-40-35(39(55-58)44(50,51)52)30-17-31(30)43(40,48)49/h3,8-10,13-14,16,25-27,30-31,33H,4-7,11-12,15,17-20H2,1-2H3,(H,54,60)(H,56,57)/t30-,31?,33-/m0/s1. The molecular formula is C44H43ClF7N7O6S2. The Bertz CT molecular complexity index is 3070. The van der Waals surface area contributed by atoms with E-state index >= 15 is 8.78 Å². The number of amides is 1. The largest absolute Gasteiger partial charge is 0.435 e. The molecule has 4 aliphatic carbocycles. The van der Waals surface area contributed by atoms with E-state index in [-0.39, 0.29) is 65.5 Å². The Morgan fingerprint density at radius 3 is 2.25 bits per heavy atom. The van der Waals surface area contributed by atoms with Crippen LogP contribution in [0.4, 0.5) is 36.6 Å². The zero-order valence-electron chi connectivity index (χ0n) is 35.8. The molecule has 1 saturated heterocycles. The summed E-state index contributed by atoms with van der Waals surface area (Å²) in [6.45, 7) is 2.52. The molecule has 3 atom stereocenters. The highest BCUT2D eigenvalue weighted by molar-refractivity contribution is 7.93. The molecule has 3 saturated carbocycles. The summed E-state index contributed by atoms with van der Waals surface area (Å²) in [5.74, 6) is -9.26. The van der Waals surface area contributed by atoms with Crippen molar-refractivity contribution in [2.24, 2.45) is 5.92 Å². The third-order valence-electron chi connectivity index (χ3n) is 13.5. The van der Waals surface area contributed by atoms with E-state index < -0.39 is 119 Å². The molecule has 358 valence electrons. The molecule has 0 spiro atoms. The van der Waals surface area contributed by atoms with E-state index in [0.29, 0.717) is 53.2 Å². The summed E-state index contributed by atoms with van der Waals surface area (Å²) in [4.78, 5) is 19.2. The fourth-order valence-electron chi connectivity index (χ4n) is 9.45. The first-order valence-electron chi connectivity index (χ1n) is 21.8. The molecule has 67 heavy (non-hydrogen) atoms. The average molecular weight is 998 g/mol. The third kappa shape index (κ3) is 8.25. The van der Waals surface area contributed by atoms with Crippen LogP contribution in [-0.2, 0) is 60.9 Å². The van der Waals surface area contributed by atoms with E-state index in [9.17, 15) is 43.6 Å². The van der Waals surface area contributed by atoms with Gasteiger partial charge in [0, 0.05) is 34.4 Å². The van der Waals surface area contributed by atoms with E-state index in [1.807, 2.05) is 0 Å². The molecule has 10 rings (SSSR count). The fourth-order valence-corrected chi connectivity index (χ4v) is 13.1. The number of carbonyl (C=O) groups excluding carboxylic acids is 1. The number of hydrogen-bond donors (Lipinski definition) is 2.